The second-order valence-electron chi connectivity index (χ2n) is 3.64. The highest BCUT2D eigenvalue weighted by atomic mass is 16.7. The van der Waals surface area contributed by atoms with E-state index in [0.29, 0.717) is 10.6 Å². The zero-order chi connectivity index (χ0) is 13.1. The second-order valence-corrected chi connectivity index (χ2v) is 3.64. The van der Waals surface area contributed by atoms with Crippen molar-refractivity contribution in [1.29, 1.82) is 0 Å². The van der Waals surface area contributed by atoms with Crippen LogP contribution in [0, 0.1) is 0 Å². The number of carbonyl (C=O) groups excluding carboxylic acids is 4. The van der Waals surface area contributed by atoms with E-state index in [0.717, 1.165) is 0 Å². The fourth-order valence-corrected chi connectivity index (χ4v) is 1.47. The predicted octanol–water partition coefficient (Wildman–Crippen LogP) is 0.365. The first-order valence-electron chi connectivity index (χ1n) is 5.18. The van der Waals surface area contributed by atoms with Gasteiger partial charge in [0.2, 0.25) is 6.29 Å². The third-order valence-electron chi connectivity index (χ3n) is 2.42. The molecule has 1 heterocycles. The molecule has 0 bridgehead atoms. The first-order chi connectivity index (χ1) is 8.61. The summed E-state index contributed by atoms with van der Waals surface area (Å²) >= 11 is 0. The fraction of sp³-hybridized carbons (Fsp3) is 0.167. The molecule has 0 atom stereocenters. The number of nitrogens with zero attached hydrogens (tertiary/aromatic N) is 1. The van der Waals surface area contributed by atoms with E-state index in [1.807, 2.05) is 0 Å². The van der Waals surface area contributed by atoms with Gasteiger partial charge in [0.1, 0.15) is 0 Å². The average Bonchev–Trinajstić information content (AvgIpc) is 2.70. The Bertz CT molecular complexity index is 504. The number of hydrogen-bond donors (Lipinski definition) is 0. The molecular weight excluding hydrogens is 238 g/mol. The summed E-state index contributed by atoms with van der Waals surface area (Å²) in [6.45, 7) is 0. The summed E-state index contributed by atoms with van der Waals surface area (Å²) in [6, 6.07) is 5.48. The van der Waals surface area contributed by atoms with Gasteiger partial charge in [0.15, 0.2) is 0 Å². The van der Waals surface area contributed by atoms with Crippen molar-refractivity contribution in [2.24, 2.45) is 0 Å². The lowest BCUT2D eigenvalue weighted by molar-refractivity contribution is -0.172. The van der Waals surface area contributed by atoms with E-state index in [1.165, 1.54) is 24.3 Å². The highest BCUT2D eigenvalue weighted by Gasteiger charge is 2.33. The van der Waals surface area contributed by atoms with Crippen LogP contribution < -0.4 is 0 Å². The maximum absolute atomic E-state index is 11.6. The Morgan fingerprint density at radius 1 is 1.11 bits per heavy atom. The predicted molar refractivity (Wildman–Crippen MR) is 57.7 cm³/mol. The molecule has 0 N–H and O–H groups in total. The van der Waals surface area contributed by atoms with Crippen LogP contribution in [0.15, 0.2) is 24.3 Å². The van der Waals surface area contributed by atoms with E-state index in [4.69, 9.17) is 4.84 Å². The van der Waals surface area contributed by atoms with Gasteiger partial charge in [-0.2, -0.15) is 0 Å². The molecule has 1 aromatic rings. The van der Waals surface area contributed by atoms with Crippen LogP contribution in [0.25, 0.3) is 0 Å². The van der Waals surface area contributed by atoms with E-state index in [1.54, 1.807) is 6.29 Å². The van der Waals surface area contributed by atoms with Crippen LogP contribution >= 0.6 is 0 Å². The maximum atomic E-state index is 11.6. The molecule has 18 heavy (non-hydrogen) atoms. The molecule has 1 aliphatic rings. The van der Waals surface area contributed by atoms with Crippen LogP contribution in [0.5, 0.6) is 0 Å². The van der Waals surface area contributed by atoms with Crippen molar-refractivity contribution in [1.82, 2.24) is 5.06 Å². The summed E-state index contributed by atoms with van der Waals surface area (Å²) in [4.78, 5) is 49.1. The third kappa shape index (κ3) is 2.27. The molecule has 0 aliphatic carbocycles. The second kappa shape index (κ2) is 4.79. The van der Waals surface area contributed by atoms with Crippen molar-refractivity contribution in [2.45, 2.75) is 12.8 Å². The first-order valence-corrected chi connectivity index (χ1v) is 5.18. The van der Waals surface area contributed by atoms with Gasteiger partial charge in [-0.3, -0.25) is 14.4 Å². The highest BCUT2D eigenvalue weighted by molar-refractivity contribution is 6.02. The van der Waals surface area contributed by atoms with Crippen LogP contribution in [-0.2, 0) is 19.2 Å². The minimum Gasteiger partial charge on any atom is -0.325 e. The van der Waals surface area contributed by atoms with Crippen molar-refractivity contribution in [3.63, 3.8) is 0 Å². The van der Waals surface area contributed by atoms with Crippen LogP contribution in [-0.4, -0.2) is 29.1 Å². The lowest BCUT2D eigenvalue weighted by Crippen LogP contribution is -2.32. The molecule has 1 radical (unpaired) electrons. The molecule has 6 nitrogen and oxygen atoms in total. The topological polar surface area (TPSA) is 80.8 Å². The number of amides is 2. The lowest BCUT2D eigenvalue weighted by atomic mass is 10.1. The molecule has 2 rings (SSSR count). The quantitative estimate of drug-likeness (QED) is 0.719. The fourth-order valence-electron chi connectivity index (χ4n) is 1.47. The maximum Gasteiger partial charge on any atom is 0.363 e. The minimum atomic E-state index is -0.823. The molecule has 0 saturated carbocycles. The van der Waals surface area contributed by atoms with Gasteiger partial charge in [0.25, 0.3) is 11.8 Å². The van der Waals surface area contributed by atoms with Gasteiger partial charge in [-0.15, -0.1) is 5.06 Å². The molecule has 91 valence electrons. The Labute approximate surface area is 102 Å². The van der Waals surface area contributed by atoms with E-state index >= 15 is 0 Å². The largest absolute Gasteiger partial charge is 0.363 e. The molecular formula is C12H8NO5. The summed E-state index contributed by atoms with van der Waals surface area (Å²) in [7, 11) is 0. The number of benzene rings is 1. The van der Waals surface area contributed by atoms with Crippen molar-refractivity contribution in [3.05, 3.63) is 35.4 Å². The molecule has 1 aliphatic heterocycles. The molecule has 0 aromatic heterocycles. The summed E-state index contributed by atoms with van der Waals surface area (Å²) in [5.41, 5.74) is 0.432. The van der Waals surface area contributed by atoms with Crippen LogP contribution in [0.3, 0.4) is 0 Å². The number of hydroxylamine groups is 2. The SMILES string of the molecule is O=[C]c1ccc(C(=O)ON2C(=O)CCC2=O)cc1. The number of rotatable bonds is 3. The number of imide groups is 1. The van der Waals surface area contributed by atoms with Gasteiger partial charge in [-0.05, 0) is 12.1 Å². The van der Waals surface area contributed by atoms with E-state index in [9.17, 15) is 19.2 Å². The molecule has 0 spiro atoms. The Morgan fingerprint density at radius 3 is 2.17 bits per heavy atom. The summed E-state index contributed by atoms with van der Waals surface area (Å²) in [6.07, 6.45) is 1.75. The Balaban J connectivity index is 2.09. The smallest absolute Gasteiger partial charge is 0.325 e. The Kier molecular flexibility index (Phi) is 3.18. The van der Waals surface area contributed by atoms with E-state index < -0.39 is 17.8 Å². The summed E-state index contributed by atoms with van der Waals surface area (Å²) in [5.74, 6) is -1.89. The zero-order valence-corrected chi connectivity index (χ0v) is 9.21. The molecule has 1 saturated heterocycles. The van der Waals surface area contributed by atoms with Crippen molar-refractivity contribution < 1.29 is 24.0 Å². The molecule has 1 fully saturated rings. The van der Waals surface area contributed by atoms with Gasteiger partial charge < -0.3 is 4.84 Å². The van der Waals surface area contributed by atoms with E-state index in [-0.39, 0.29) is 18.4 Å². The van der Waals surface area contributed by atoms with Crippen molar-refractivity contribution in [2.75, 3.05) is 0 Å². The van der Waals surface area contributed by atoms with Gasteiger partial charge >= 0.3 is 5.97 Å². The van der Waals surface area contributed by atoms with Crippen LogP contribution in [0.2, 0.25) is 0 Å². The molecule has 6 heteroatoms. The first kappa shape index (κ1) is 12.0. The number of carbonyl (C=O) groups is 3. The van der Waals surface area contributed by atoms with E-state index in [2.05, 4.69) is 0 Å². The standard InChI is InChI=1S/C12H8NO5/c14-7-8-1-3-9(4-2-8)12(17)18-13-10(15)5-6-11(13)16/h1-4H,5-6H2. The van der Waals surface area contributed by atoms with Crippen LogP contribution in [0.1, 0.15) is 28.8 Å². The molecule has 0 unspecified atom stereocenters. The Hall–Kier alpha value is -2.50. The molecule has 2 amide bonds. The van der Waals surface area contributed by atoms with Crippen LogP contribution in [0.4, 0.5) is 0 Å². The summed E-state index contributed by atoms with van der Waals surface area (Å²) < 4.78 is 0. The van der Waals surface area contributed by atoms with Gasteiger partial charge in [-0.25, -0.2) is 4.79 Å². The zero-order valence-electron chi connectivity index (χ0n) is 9.21. The highest BCUT2D eigenvalue weighted by Crippen LogP contribution is 2.14. The van der Waals surface area contributed by atoms with Gasteiger partial charge in [0.05, 0.1) is 5.56 Å². The Morgan fingerprint density at radius 2 is 1.67 bits per heavy atom. The van der Waals surface area contributed by atoms with Gasteiger partial charge in [-0.1, -0.05) is 12.1 Å². The molecule has 1 aromatic carbocycles. The summed E-state index contributed by atoms with van der Waals surface area (Å²) in [5, 5.41) is 0.474. The number of hydrogen-bond acceptors (Lipinski definition) is 5. The average molecular weight is 246 g/mol. The lowest BCUT2D eigenvalue weighted by Gasteiger charge is -2.12. The van der Waals surface area contributed by atoms with Gasteiger partial charge in [0, 0.05) is 18.4 Å². The monoisotopic (exact) mass is 246 g/mol. The van der Waals surface area contributed by atoms with Crippen molar-refractivity contribution in [3.8, 4) is 0 Å². The third-order valence-corrected chi connectivity index (χ3v) is 2.42. The normalized spacial score (nSPS) is 14.8. The minimum absolute atomic E-state index is 0.0468. The van der Waals surface area contributed by atoms with Crippen molar-refractivity contribution >= 4 is 24.1 Å².